The molecule has 94 valence electrons. The predicted octanol–water partition coefficient (Wildman–Crippen LogP) is 3.66. The van der Waals surface area contributed by atoms with Crippen LogP contribution in [0.4, 0.5) is 0 Å². The fourth-order valence-corrected chi connectivity index (χ4v) is 3.88. The van der Waals surface area contributed by atoms with Crippen molar-refractivity contribution in [2.45, 2.75) is 63.7 Å². The van der Waals surface area contributed by atoms with Crippen LogP contribution >= 0.6 is 0 Å². The summed E-state index contributed by atoms with van der Waals surface area (Å²) >= 11 is 0. The molecule has 0 bridgehead atoms. The lowest BCUT2D eigenvalue weighted by molar-refractivity contribution is 0.184. The Morgan fingerprint density at radius 2 is 1.59 bits per heavy atom. The maximum Gasteiger partial charge on any atom is 0.137 e. The van der Waals surface area contributed by atoms with Crippen LogP contribution in [-0.4, -0.2) is 15.2 Å². The van der Waals surface area contributed by atoms with Gasteiger partial charge in [0.2, 0.25) is 0 Å². The van der Waals surface area contributed by atoms with E-state index in [4.69, 9.17) is 0 Å². The lowest BCUT2D eigenvalue weighted by Crippen LogP contribution is -2.23. The zero-order valence-corrected chi connectivity index (χ0v) is 10.6. The van der Waals surface area contributed by atoms with Crippen LogP contribution < -0.4 is 0 Å². The summed E-state index contributed by atoms with van der Waals surface area (Å²) < 4.78 is 0. The molecule has 2 saturated carbocycles. The third kappa shape index (κ3) is 2.53. The highest BCUT2D eigenvalue weighted by Crippen LogP contribution is 2.41. The maximum atomic E-state index is 4.31. The number of nitrogens with one attached hydrogen (secondary N) is 1. The average molecular weight is 233 g/mol. The first-order valence-electron chi connectivity index (χ1n) is 7.29. The second-order valence-corrected chi connectivity index (χ2v) is 5.88. The van der Waals surface area contributed by atoms with E-state index in [9.17, 15) is 0 Å². The van der Waals surface area contributed by atoms with Crippen LogP contribution in [0, 0.1) is 11.8 Å². The first-order valence-corrected chi connectivity index (χ1v) is 7.29. The summed E-state index contributed by atoms with van der Waals surface area (Å²) in [5.41, 5.74) is 0. The standard InChI is InChI=1S/C14H23N3/c1-2-4-11(5-3-1)12-6-8-13(9-7-12)14-15-10-16-17-14/h10-13H,1-9H2,(H,15,16,17). The zero-order chi connectivity index (χ0) is 11.5. The fourth-order valence-electron chi connectivity index (χ4n) is 3.88. The number of hydrogen-bond donors (Lipinski definition) is 1. The highest BCUT2D eigenvalue weighted by Gasteiger charge is 2.29. The molecule has 2 aliphatic rings. The van der Waals surface area contributed by atoms with Gasteiger partial charge in [-0.1, -0.05) is 32.1 Å². The number of nitrogens with zero attached hydrogens (tertiary/aromatic N) is 2. The molecule has 1 aromatic heterocycles. The third-order valence-electron chi connectivity index (χ3n) is 4.91. The molecule has 0 atom stereocenters. The van der Waals surface area contributed by atoms with E-state index in [1.54, 1.807) is 6.33 Å². The second-order valence-electron chi connectivity index (χ2n) is 5.88. The number of hydrogen-bond acceptors (Lipinski definition) is 2. The molecule has 0 aliphatic heterocycles. The van der Waals surface area contributed by atoms with Gasteiger partial charge in [0.15, 0.2) is 0 Å². The Hall–Kier alpha value is -0.860. The first kappa shape index (κ1) is 11.2. The minimum atomic E-state index is 0.650. The van der Waals surface area contributed by atoms with Crippen LogP contribution in [0.25, 0.3) is 0 Å². The molecule has 0 radical (unpaired) electrons. The van der Waals surface area contributed by atoms with Crippen molar-refractivity contribution in [1.82, 2.24) is 15.2 Å². The summed E-state index contributed by atoms with van der Waals surface area (Å²) in [6, 6.07) is 0. The summed E-state index contributed by atoms with van der Waals surface area (Å²) in [6.45, 7) is 0. The molecule has 1 aromatic rings. The van der Waals surface area contributed by atoms with Crippen LogP contribution in [-0.2, 0) is 0 Å². The smallest absolute Gasteiger partial charge is 0.137 e. The van der Waals surface area contributed by atoms with Crippen LogP contribution in [0.2, 0.25) is 0 Å². The van der Waals surface area contributed by atoms with Gasteiger partial charge in [-0.05, 0) is 37.5 Å². The molecule has 0 aromatic carbocycles. The van der Waals surface area contributed by atoms with E-state index in [1.807, 2.05) is 0 Å². The van der Waals surface area contributed by atoms with Gasteiger partial charge in [0.05, 0.1) is 0 Å². The van der Waals surface area contributed by atoms with Crippen molar-refractivity contribution < 1.29 is 0 Å². The van der Waals surface area contributed by atoms with E-state index >= 15 is 0 Å². The Morgan fingerprint density at radius 1 is 0.882 bits per heavy atom. The van der Waals surface area contributed by atoms with Crippen molar-refractivity contribution in [2.75, 3.05) is 0 Å². The molecular formula is C14H23N3. The van der Waals surface area contributed by atoms with Crippen molar-refractivity contribution in [3.05, 3.63) is 12.2 Å². The monoisotopic (exact) mass is 233 g/mol. The SMILES string of the molecule is c1n[nH]c(C2CCC(C3CCCCC3)CC2)n1. The topological polar surface area (TPSA) is 41.6 Å². The van der Waals surface area contributed by atoms with E-state index in [0.717, 1.165) is 17.7 Å². The lowest BCUT2D eigenvalue weighted by Gasteiger charge is -2.35. The number of rotatable bonds is 2. The summed E-state index contributed by atoms with van der Waals surface area (Å²) in [4.78, 5) is 4.31. The van der Waals surface area contributed by atoms with Gasteiger partial charge in [0, 0.05) is 5.92 Å². The molecule has 0 amide bonds. The van der Waals surface area contributed by atoms with E-state index in [1.165, 1.54) is 57.8 Å². The van der Waals surface area contributed by atoms with Gasteiger partial charge in [-0.15, -0.1) is 0 Å². The molecule has 17 heavy (non-hydrogen) atoms. The maximum absolute atomic E-state index is 4.31. The molecule has 2 aliphatic carbocycles. The normalized spacial score (nSPS) is 31.5. The number of H-pyrrole nitrogens is 1. The van der Waals surface area contributed by atoms with Crippen LogP contribution in [0.15, 0.2) is 6.33 Å². The molecule has 1 N–H and O–H groups in total. The highest BCUT2D eigenvalue weighted by molar-refractivity contribution is 4.96. The van der Waals surface area contributed by atoms with Crippen molar-refractivity contribution in [2.24, 2.45) is 11.8 Å². The van der Waals surface area contributed by atoms with Gasteiger partial charge in [0.1, 0.15) is 12.2 Å². The van der Waals surface area contributed by atoms with Gasteiger partial charge in [0.25, 0.3) is 0 Å². The zero-order valence-electron chi connectivity index (χ0n) is 10.6. The summed E-state index contributed by atoms with van der Waals surface area (Å²) in [6.07, 6.45) is 14.5. The number of aromatic nitrogens is 3. The van der Waals surface area contributed by atoms with E-state index in [2.05, 4.69) is 15.2 Å². The molecule has 1 heterocycles. The third-order valence-corrected chi connectivity index (χ3v) is 4.91. The Kier molecular flexibility index (Phi) is 3.44. The molecule has 2 fully saturated rings. The Labute approximate surface area is 103 Å². The van der Waals surface area contributed by atoms with Crippen molar-refractivity contribution in [3.63, 3.8) is 0 Å². The van der Waals surface area contributed by atoms with Gasteiger partial charge in [-0.2, -0.15) is 5.10 Å². The largest absolute Gasteiger partial charge is 0.263 e. The van der Waals surface area contributed by atoms with Crippen LogP contribution in [0.1, 0.15) is 69.5 Å². The van der Waals surface area contributed by atoms with Crippen molar-refractivity contribution >= 4 is 0 Å². The highest BCUT2D eigenvalue weighted by atomic mass is 15.2. The first-order chi connectivity index (χ1) is 8.43. The molecule has 3 rings (SSSR count). The molecule has 0 unspecified atom stereocenters. The quantitative estimate of drug-likeness (QED) is 0.847. The number of aromatic amines is 1. The van der Waals surface area contributed by atoms with E-state index in [-0.39, 0.29) is 0 Å². The van der Waals surface area contributed by atoms with Crippen molar-refractivity contribution in [3.8, 4) is 0 Å². The molecule has 0 saturated heterocycles. The summed E-state index contributed by atoms with van der Waals surface area (Å²) in [7, 11) is 0. The Bertz CT molecular complexity index is 319. The lowest BCUT2D eigenvalue weighted by atomic mass is 9.71. The van der Waals surface area contributed by atoms with Gasteiger partial charge < -0.3 is 0 Å². The minimum Gasteiger partial charge on any atom is -0.263 e. The van der Waals surface area contributed by atoms with Crippen molar-refractivity contribution in [1.29, 1.82) is 0 Å². The fraction of sp³-hybridized carbons (Fsp3) is 0.857. The molecule has 3 heteroatoms. The predicted molar refractivity (Wildman–Crippen MR) is 67.7 cm³/mol. The van der Waals surface area contributed by atoms with Gasteiger partial charge in [-0.25, -0.2) is 4.98 Å². The Morgan fingerprint density at radius 3 is 2.24 bits per heavy atom. The van der Waals surface area contributed by atoms with Crippen LogP contribution in [0.3, 0.4) is 0 Å². The summed E-state index contributed by atoms with van der Waals surface area (Å²) in [5, 5.41) is 7.01. The molecular weight excluding hydrogens is 210 g/mol. The Balaban J connectivity index is 1.53. The second kappa shape index (κ2) is 5.19. The van der Waals surface area contributed by atoms with Gasteiger partial charge >= 0.3 is 0 Å². The van der Waals surface area contributed by atoms with Gasteiger partial charge in [-0.3, -0.25) is 5.10 Å². The van der Waals surface area contributed by atoms with E-state index < -0.39 is 0 Å². The molecule has 0 spiro atoms. The molecule has 3 nitrogen and oxygen atoms in total. The average Bonchev–Trinajstić information content (AvgIpc) is 2.94. The van der Waals surface area contributed by atoms with Crippen LogP contribution in [0.5, 0.6) is 0 Å². The summed E-state index contributed by atoms with van der Waals surface area (Å²) in [5.74, 6) is 3.82. The van der Waals surface area contributed by atoms with E-state index in [0.29, 0.717) is 5.92 Å². The minimum absolute atomic E-state index is 0.650.